The van der Waals surface area contributed by atoms with Gasteiger partial charge in [-0.15, -0.1) is 0 Å². The highest BCUT2D eigenvalue weighted by Gasteiger charge is 2.17. The lowest BCUT2D eigenvalue weighted by atomic mass is 10.1. The summed E-state index contributed by atoms with van der Waals surface area (Å²) >= 11 is 0. The Labute approximate surface area is 116 Å². The lowest BCUT2D eigenvalue weighted by Gasteiger charge is -2.30. The number of nitrogen functional groups attached to an aromatic ring is 1. The van der Waals surface area contributed by atoms with E-state index in [4.69, 9.17) is 5.84 Å². The van der Waals surface area contributed by atoms with Crippen molar-refractivity contribution in [3.05, 3.63) is 11.9 Å². The minimum absolute atomic E-state index is 0.419. The monoisotopic (exact) mass is 265 g/mol. The number of hydrazine groups is 1. The van der Waals surface area contributed by atoms with E-state index in [1.54, 1.807) is 6.33 Å². The highest BCUT2D eigenvalue weighted by Crippen LogP contribution is 2.25. The molecule has 108 valence electrons. The van der Waals surface area contributed by atoms with Gasteiger partial charge in [0.1, 0.15) is 18.0 Å². The summed E-state index contributed by atoms with van der Waals surface area (Å²) in [4.78, 5) is 11.0. The second-order valence-corrected chi connectivity index (χ2v) is 5.02. The Morgan fingerprint density at radius 1 is 1.26 bits per heavy atom. The molecule has 0 amide bonds. The first-order valence-corrected chi connectivity index (χ1v) is 7.22. The Hall–Kier alpha value is -1.36. The topological polar surface area (TPSA) is 67.1 Å². The zero-order chi connectivity index (χ0) is 14.3. The van der Waals surface area contributed by atoms with E-state index in [1.807, 2.05) is 0 Å². The third-order valence-electron chi connectivity index (χ3n) is 3.31. The minimum Gasteiger partial charge on any atom is -0.354 e. The van der Waals surface area contributed by atoms with Crippen LogP contribution in [0.5, 0.6) is 0 Å². The van der Waals surface area contributed by atoms with E-state index in [1.165, 1.54) is 19.3 Å². The first-order chi connectivity index (χ1) is 9.15. The number of rotatable bonds is 8. The van der Waals surface area contributed by atoms with Crippen LogP contribution in [0.15, 0.2) is 6.33 Å². The molecule has 0 bridgehead atoms. The fourth-order valence-corrected chi connectivity index (χ4v) is 2.24. The Kier molecular flexibility index (Phi) is 6.56. The van der Waals surface area contributed by atoms with Crippen LogP contribution in [0.2, 0.25) is 0 Å². The van der Waals surface area contributed by atoms with Crippen molar-refractivity contribution in [2.45, 2.75) is 59.4 Å². The molecule has 0 saturated heterocycles. The number of nitrogens with one attached hydrogen (secondary N) is 1. The Bertz CT molecular complexity index is 378. The van der Waals surface area contributed by atoms with Crippen LogP contribution in [0, 0.1) is 0 Å². The Morgan fingerprint density at radius 3 is 2.53 bits per heavy atom. The van der Waals surface area contributed by atoms with Gasteiger partial charge in [-0.05, 0) is 26.7 Å². The zero-order valence-corrected chi connectivity index (χ0v) is 12.6. The number of nitrogens with zero attached hydrogens (tertiary/aromatic N) is 3. The molecule has 0 aromatic carbocycles. The number of anilines is 2. The van der Waals surface area contributed by atoms with Crippen molar-refractivity contribution in [2.24, 2.45) is 5.84 Å². The van der Waals surface area contributed by atoms with E-state index in [9.17, 15) is 0 Å². The van der Waals surface area contributed by atoms with Crippen molar-refractivity contribution < 1.29 is 0 Å². The summed E-state index contributed by atoms with van der Waals surface area (Å²) in [7, 11) is 0. The van der Waals surface area contributed by atoms with Crippen LogP contribution in [0.4, 0.5) is 11.6 Å². The molecule has 0 fully saturated rings. The van der Waals surface area contributed by atoms with Crippen LogP contribution in [0.3, 0.4) is 0 Å². The van der Waals surface area contributed by atoms with Gasteiger partial charge in [0.15, 0.2) is 0 Å². The maximum absolute atomic E-state index is 5.53. The molecule has 19 heavy (non-hydrogen) atoms. The van der Waals surface area contributed by atoms with Gasteiger partial charge in [-0.1, -0.05) is 26.7 Å². The first kappa shape index (κ1) is 15.7. The lowest BCUT2D eigenvalue weighted by molar-refractivity contribution is 0.616. The Balaban J connectivity index is 3.01. The molecule has 0 unspecified atom stereocenters. The average molecular weight is 265 g/mol. The smallest absolute Gasteiger partial charge is 0.148 e. The fraction of sp³-hybridized carbons (Fsp3) is 0.714. The molecule has 0 aliphatic rings. The van der Waals surface area contributed by atoms with Crippen LogP contribution < -0.4 is 16.2 Å². The second kappa shape index (κ2) is 7.94. The maximum Gasteiger partial charge on any atom is 0.148 e. The average Bonchev–Trinajstić information content (AvgIpc) is 2.42. The lowest BCUT2D eigenvalue weighted by Crippen LogP contribution is -2.34. The van der Waals surface area contributed by atoms with E-state index in [2.05, 4.69) is 48.0 Å². The van der Waals surface area contributed by atoms with E-state index in [-0.39, 0.29) is 0 Å². The largest absolute Gasteiger partial charge is 0.354 e. The van der Waals surface area contributed by atoms with E-state index in [0.29, 0.717) is 6.04 Å². The van der Waals surface area contributed by atoms with Gasteiger partial charge in [-0.3, -0.25) is 0 Å². The standard InChI is InChI=1S/C14H27N5/c1-5-7-8-9-19(11(3)4)14-12(6-2)13(18-15)16-10-17-14/h10-11H,5-9,15H2,1-4H3,(H,16,17,18). The van der Waals surface area contributed by atoms with Crippen LogP contribution >= 0.6 is 0 Å². The summed E-state index contributed by atoms with van der Waals surface area (Å²) < 4.78 is 0. The molecule has 0 aliphatic carbocycles. The molecule has 5 heteroatoms. The molecule has 0 radical (unpaired) electrons. The van der Waals surface area contributed by atoms with Crippen molar-refractivity contribution in [1.29, 1.82) is 0 Å². The molecule has 5 nitrogen and oxygen atoms in total. The van der Waals surface area contributed by atoms with Gasteiger partial charge in [0.2, 0.25) is 0 Å². The molecule has 1 heterocycles. The third-order valence-corrected chi connectivity index (χ3v) is 3.31. The van der Waals surface area contributed by atoms with E-state index < -0.39 is 0 Å². The third kappa shape index (κ3) is 4.06. The molecule has 1 rings (SSSR count). The number of hydrogen-bond donors (Lipinski definition) is 2. The summed E-state index contributed by atoms with van der Waals surface area (Å²) in [5, 5.41) is 0. The molecular formula is C14H27N5. The van der Waals surface area contributed by atoms with Crippen molar-refractivity contribution in [1.82, 2.24) is 9.97 Å². The molecule has 0 atom stereocenters. The first-order valence-electron chi connectivity index (χ1n) is 7.22. The molecule has 0 aliphatic heterocycles. The maximum atomic E-state index is 5.53. The molecule has 3 N–H and O–H groups in total. The second-order valence-electron chi connectivity index (χ2n) is 5.02. The summed E-state index contributed by atoms with van der Waals surface area (Å²) in [6.45, 7) is 9.75. The van der Waals surface area contributed by atoms with E-state index >= 15 is 0 Å². The summed E-state index contributed by atoms with van der Waals surface area (Å²) in [6.07, 6.45) is 6.11. The van der Waals surface area contributed by atoms with Crippen LogP contribution in [0.25, 0.3) is 0 Å². The number of aromatic nitrogens is 2. The highest BCUT2D eigenvalue weighted by atomic mass is 15.3. The molecule has 0 saturated carbocycles. The van der Waals surface area contributed by atoms with Gasteiger partial charge in [-0.2, -0.15) is 0 Å². The molecular weight excluding hydrogens is 238 g/mol. The molecule has 1 aromatic heterocycles. The summed E-state index contributed by atoms with van der Waals surface area (Å²) in [5.41, 5.74) is 3.76. The predicted molar refractivity (Wildman–Crippen MR) is 81.2 cm³/mol. The summed E-state index contributed by atoms with van der Waals surface area (Å²) in [6, 6.07) is 0.419. The van der Waals surface area contributed by atoms with Gasteiger partial charge >= 0.3 is 0 Å². The van der Waals surface area contributed by atoms with Gasteiger partial charge in [0.05, 0.1) is 0 Å². The van der Waals surface area contributed by atoms with Crippen molar-refractivity contribution in [3.63, 3.8) is 0 Å². The summed E-state index contributed by atoms with van der Waals surface area (Å²) in [5.74, 6) is 7.28. The number of nitrogens with two attached hydrogens (primary N) is 1. The van der Waals surface area contributed by atoms with Crippen LogP contribution in [-0.2, 0) is 6.42 Å². The SMILES string of the molecule is CCCCCN(c1ncnc(NN)c1CC)C(C)C. The van der Waals surface area contributed by atoms with E-state index in [0.717, 1.165) is 30.2 Å². The van der Waals surface area contributed by atoms with Gasteiger partial charge in [-0.25, -0.2) is 15.8 Å². The highest BCUT2D eigenvalue weighted by molar-refractivity contribution is 5.58. The molecule has 0 spiro atoms. The molecule has 1 aromatic rings. The number of hydrogen-bond acceptors (Lipinski definition) is 5. The number of unbranched alkanes of at least 4 members (excludes halogenated alkanes) is 2. The van der Waals surface area contributed by atoms with Crippen molar-refractivity contribution >= 4 is 11.6 Å². The normalized spacial score (nSPS) is 10.8. The zero-order valence-electron chi connectivity index (χ0n) is 12.6. The fourth-order valence-electron chi connectivity index (χ4n) is 2.24. The van der Waals surface area contributed by atoms with Gasteiger partial charge in [0.25, 0.3) is 0 Å². The minimum atomic E-state index is 0.419. The van der Waals surface area contributed by atoms with Crippen LogP contribution in [0.1, 0.15) is 52.5 Å². The van der Waals surface area contributed by atoms with Crippen LogP contribution in [-0.4, -0.2) is 22.6 Å². The van der Waals surface area contributed by atoms with Crippen molar-refractivity contribution in [2.75, 3.05) is 16.9 Å². The quantitative estimate of drug-likeness (QED) is 0.430. The van der Waals surface area contributed by atoms with Gasteiger partial charge in [0, 0.05) is 18.2 Å². The predicted octanol–water partition coefficient (Wildman–Crippen LogP) is 2.73. The van der Waals surface area contributed by atoms with Gasteiger partial charge < -0.3 is 10.3 Å². The van der Waals surface area contributed by atoms with Crippen molar-refractivity contribution in [3.8, 4) is 0 Å². The Morgan fingerprint density at radius 2 is 2.00 bits per heavy atom.